The summed E-state index contributed by atoms with van der Waals surface area (Å²) < 4.78 is 20.8. The van der Waals surface area contributed by atoms with Crippen molar-refractivity contribution >= 4 is 51.7 Å². The maximum atomic E-state index is 15.5. The molecule has 2 amide bonds. The number of aliphatic carboxylic acids is 1. The maximum absolute atomic E-state index is 15.5. The van der Waals surface area contributed by atoms with Crippen molar-refractivity contribution in [1.29, 1.82) is 0 Å². The summed E-state index contributed by atoms with van der Waals surface area (Å²) >= 11 is 7.01. The smallest absolute Gasteiger partial charge is 0.304 e. The van der Waals surface area contributed by atoms with Crippen molar-refractivity contribution < 1.29 is 28.6 Å². The van der Waals surface area contributed by atoms with Gasteiger partial charge in [0.2, 0.25) is 16.9 Å². The molecule has 5 rings (SSSR count). The lowest BCUT2D eigenvalue weighted by molar-refractivity contribution is -0.141. The minimum Gasteiger partial charge on any atom is -0.481 e. The van der Waals surface area contributed by atoms with Crippen LogP contribution in [-0.2, 0) is 25.5 Å². The number of amides is 2. The average molecular weight is 587 g/mol. The Balaban J connectivity index is 1.45. The van der Waals surface area contributed by atoms with Gasteiger partial charge in [-0.2, -0.15) is 4.39 Å². The first kappa shape index (κ1) is 28.1. The fraction of sp³-hybridized carbons (Fsp3) is 0.393. The second-order valence-corrected chi connectivity index (χ2v) is 11.5. The first-order valence-electron chi connectivity index (χ1n) is 12.9. The summed E-state index contributed by atoms with van der Waals surface area (Å²) in [5.74, 6) is -1.54. The summed E-state index contributed by atoms with van der Waals surface area (Å²) in [4.78, 5) is 48.8. The normalized spacial score (nSPS) is 16.2. The molecule has 0 spiro atoms. The largest absolute Gasteiger partial charge is 0.481 e. The van der Waals surface area contributed by atoms with Crippen LogP contribution in [0.5, 0.6) is 0 Å². The zero-order valence-electron chi connectivity index (χ0n) is 22.0. The molecule has 1 aromatic carbocycles. The number of carbonyl (C=O) groups is 3. The molecule has 40 heavy (non-hydrogen) atoms. The number of rotatable bonds is 8. The molecule has 4 heterocycles. The number of fused-ring (bicyclic) bond motifs is 1. The predicted molar refractivity (Wildman–Crippen MR) is 150 cm³/mol. The molecule has 1 N–H and O–H groups in total. The summed E-state index contributed by atoms with van der Waals surface area (Å²) in [5, 5.41) is 9.34. The van der Waals surface area contributed by atoms with E-state index in [0.717, 1.165) is 18.4 Å². The average Bonchev–Trinajstić information content (AvgIpc) is 3.46. The van der Waals surface area contributed by atoms with Crippen molar-refractivity contribution in [2.45, 2.75) is 32.1 Å². The van der Waals surface area contributed by atoms with Gasteiger partial charge in [0, 0.05) is 61.1 Å². The Labute approximate surface area is 239 Å². The number of pyridine rings is 1. The van der Waals surface area contributed by atoms with E-state index >= 15 is 4.39 Å². The maximum Gasteiger partial charge on any atom is 0.304 e. The van der Waals surface area contributed by atoms with Gasteiger partial charge in [0.05, 0.1) is 12.8 Å². The van der Waals surface area contributed by atoms with Gasteiger partial charge >= 0.3 is 5.97 Å². The number of carboxylic acids is 1. The van der Waals surface area contributed by atoms with E-state index in [1.807, 2.05) is 6.07 Å². The van der Waals surface area contributed by atoms with Crippen LogP contribution in [0.4, 0.5) is 15.3 Å². The van der Waals surface area contributed by atoms with E-state index in [2.05, 4.69) is 9.97 Å². The van der Waals surface area contributed by atoms with Crippen LogP contribution < -0.4 is 9.80 Å². The molecule has 210 valence electrons. The first-order valence-corrected chi connectivity index (χ1v) is 14.1. The van der Waals surface area contributed by atoms with Crippen LogP contribution in [0, 0.1) is 17.0 Å². The van der Waals surface area contributed by atoms with Gasteiger partial charge < -0.3 is 9.84 Å². The number of ether oxygens (including phenoxy) is 1. The number of benzene rings is 1. The van der Waals surface area contributed by atoms with E-state index in [-0.39, 0.29) is 35.5 Å². The van der Waals surface area contributed by atoms with Crippen LogP contribution in [0.3, 0.4) is 0 Å². The molecule has 2 aliphatic rings. The van der Waals surface area contributed by atoms with Gasteiger partial charge in [-0.15, -0.1) is 0 Å². The number of thiazole rings is 1. The van der Waals surface area contributed by atoms with Gasteiger partial charge in [-0.3, -0.25) is 24.2 Å². The fourth-order valence-electron chi connectivity index (χ4n) is 5.28. The highest BCUT2D eigenvalue weighted by Crippen LogP contribution is 2.40. The highest BCUT2D eigenvalue weighted by molar-refractivity contribution is 7.14. The molecule has 2 aliphatic heterocycles. The third-order valence-electron chi connectivity index (χ3n) is 7.45. The molecule has 2 aromatic heterocycles. The Hall–Kier alpha value is -3.41. The number of likely N-dealkylation sites (N-methyl/N-ethyl adjacent to an activating group) is 1. The molecule has 0 radical (unpaired) electrons. The minimum atomic E-state index is -1.07. The zero-order valence-corrected chi connectivity index (χ0v) is 23.6. The first-order chi connectivity index (χ1) is 19.1. The second kappa shape index (κ2) is 11.6. The van der Waals surface area contributed by atoms with E-state index in [4.69, 9.17) is 16.3 Å². The molecule has 1 saturated heterocycles. The third-order valence-corrected chi connectivity index (χ3v) is 8.60. The quantitative estimate of drug-likeness (QED) is 0.393. The number of nitrogens with zero attached hydrogens (tertiary/aromatic N) is 4. The number of anilines is 2. The molecule has 0 unspecified atom stereocenters. The molecular formula is C28H28ClFN4O5S. The summed E-state index contributed by atoms with van der Waals surface area (Å²) in [6.07, 6.45) is 3.48. The molecule has 12 heteroatoms. The molecule has 0 aliphatic carbocycles. The Kier molecular flexibility index (Phi) is 8.16. The molecule has 0 saturated carbocycles. The van der Waals surface area contributed by atoms with Crippen molar-refractivity contribution in [3.05, 3.63) is 46.2 Å². The van der Waals surface area contributed by atoms with Gasteiger partial charge in [0.25, 0.3) is 0 Å². The van der Waals surface area contributed by atoms with Crippen LogP contribution in [-0.4, -0.2) is 60.2 Å². The lowest BCUT2D eigenvalue weighted by Crippen LogP contribution is -2.35. The number of carbonyl (C=O) groups excluding carboxylic acids is 2. The van der Waals surface area contributed by atoms with Crippen LogP contribution in [0.1, 0.15) is 31.2 Å². The highest BCUT2D eigenvalue weighted by Gasteiger charge is 2.32. The van der Waals surface area contributed by atoms with Crippen molar-refractivity contribution in [1.82, 2.24) is 9.97 Å². The Bertz CT molecular complexity index is 1470. The fourth-order valence-corrected chi connectivity index (χ4v) is 6.23. The van der Waals surface area contributed by atoms with E-state index in [9.17, 15) is 19.5 Å². The van der Waals surface area contributed by atoms with E-state index in [1.54, 1.807) is 31.4 Å². The number of aromatic nitrogens is 2. The summed E-state index contributed by atoms with van der Waals surface area (Å²) in [6.45, 7) is 1.18. The summed E-state index contributed by atoms with van der Waals surface area (Å²) in [7, 11) is 3.16. The summed E-state index contributed by atoms with van der Waals surface area (Å²) in [5.41, 5.74) is 2.49. The van der Waals surface area contributed by atoms with Gasteiger partial charge in [0.1, 0.15) is 11.5 Å². The van der Waals surface area contributed by atoms with Gasteiger partial charge in [-0.05, 0) is 48.9 Å². The van der Waals surface area contributed by atoms with E-state index in [0.29, 0.717) is 58.5 Å². The van der Waals surface area contributed by atoms with Crippen molar-refractivity contribution in [3.8, 4) is 22.4 Å². The van der Waals surface area contributed by atoms with Gasteiger partial charge in [-0.1, -0.05) is 29.0 Å². The number of hydrogen-bond donors (Lipinski definition) is 1. The molecule has 1 fully saturated rings. The van der Waals surface area contributed by atoms with Gasteiger partial charge in [-0.25, -0.2) is 9.97 Å². The van der Waals surface area contributed by atoms with Crippen molar-refractivity contribution in [2.75, 3.05) is 37.1 Å². The van der Waals surface area contributed by atoms with Crippen molar-refractivity contribution in [2.24, 2.45) is 11.8 Å². The molecule has 9 nitrogen and oxygen atoms in total. The number of carboxylic acid groups (broad SMARTS) is 1. The molecular weight excluding hydrogens is 559 g/mol. The topological polar surface area (TPSA) is 113 Å². The van der Waals surface area contributed by atoms with E-state index < -0.39 is 22.9 Å². The zero-order chi connectivity index (χ0) is 28.6. The highest BCUT2D eigenvalue weighted by atomic mass is 35.5. The van der Waals surface area contributed by atoms with Crippen LogP contribution in [0.15, 0.2) is 30.5 Å². The molecule has 0 bridgehead atoms. The Morgan fingerprint density at radius 3 is 2.75 bits per heavy atom. The monoisotopic (exact) mass is 586 g/mol. The number of halogens is 2. The van der Waals surface area contributed by atoms with Crippen molar-refractivity contribution in [3.63, 3.8) is 0 Å². The van der Waals surface area contributed by atoms with E-state index in [1.165, 1.54) is 16.8 Å². The van der Waals surface area contributed by atoms with Crippen LogP contribution >= 0.6 is 22.9 Å². The number of hydrogen-bond acceptors (Lipinski definition) is 7. The second-order valence-electron chi connectivity index (χ2n) is 10.1. The standard InChI is InChI=1S/C28H28ClFN4O5S/c1-33-22(35)11-16-10-18(14-31-26(16)33)20-4-3-19(29)13-21(20)24-25(30)40-28(32-24)34(2)27(38)17(12-23(36)37)9-15-5-7-39-8-6-15/h3-4,10,13-15,17H,5-9,11-12H2,1-2H3,(H,36,37)/t17-/m1/s1. The SMILES string of the molecule is CN(C(=O)[C@@H](CC(=O)O)CC1CCOCC1)c1nc(-c2cc(Cl)ccc2-c2cnc3c(c2)CC(=O)N3C)c(F)s1. The van der Waals surface area contributed by atoms with Crippen LogP contribution in [0.2, 0.25) is 5.02 Å². The predicted octanol–water partition coefficient (Wildman–Crippen LogP) is 5.05. The van der Waals surface area contributed by atoms with Crippen LogP contribution in [0.25, 0.3) is 22.4 Å². The molecule has 3 aromatic rings. The molecule has 1 atom stereocenters. The minimum absolute atomic E-state index is 0.0186. The lowest BCUT2D eigenvalue weighted by atomic mass is 9.86. The third kappa shape index (κ3) is 5.72. The van der Waals surface area contributed by atoms with Gasteiger partial charge in [0.15, 0.2) is 5.13 Å². The summed E-state index contributed by atoms with van der Waals surface area (Å²) in [6, 6.07) is 6.87. The Morgan fingerprint density at radius 2 is 2.02 bits per heavy atom. The Morgan fingerprint density at radius 1 is 1.27 bits per heavy atom. The lowest BCUT2D eigenvalue weighted by Gasteiger charge is -2.27.